The van der Waals surface area contributed by atoms with Crippen LogP contribution < -0.4 is 10.6 Å². The number of carbonyl (C=O) groups excluding carboxylic acids is 1. The molecule has 1 aliphatic rings. The van der Waals surface area contributed by atoms with Gasteiger partial charge in [0.2, 0.25) is 5.91 Å². The molecule has 0 bridgehead atoms. The summed E-state index contributed by atoms with van der Waals surface area (Å²) in [7, 11) is 0. The first-order chi connectivity index (χ1) is 19.9. The Balaban J connectivity index is 0.00000423. The molecule has 226 valence electrons. The van der Waals surface area contributed by atoms with E-state index in [2.05, 4.69) is 16.5 Å². The summed E-state index contributed by atoms with van der Waals surface area (Å²) in [4.78, 5) is 44.1. The Morgan fingerprint density at radius 3 is 2.47 bits per heavy atom. The van der Waals surface area contributed by atoms with Crippen LogP contribution >= 0.6 is 11.6 Å². The zero-order valence-corrected chi connectivity index (χ0v) is 24.9. The summed E-state index contributed by atoms with van der Waals surface area (Å²) in [6, 6.07) is 6.92. The zero-order chi connectivity index (χ0) is 30.5. The average Bonchev–Trinajstić information content (AvgIpc) is 2.92. The first-order valence-corrected chi connectivity index (χ1v) is 14.1. The number of anilines is 1. The van der Waals surface area contributed by atoms with Crippen molar-refractivity contribution in [3.05, 3.63) is 81.8 Å². The van der Waals surface area contributed by atoms with Gasteiger partial charge in [0, 0.05) is 31.4 Å². The Morgan fingerprint density at radius 1 is 1.19 bits per heavy atom. The maximum atomic E-state index is 15.0. The number of aryl methyl sites for hydroxylation is 1. The first-order valence-electron chi connectivity index (χ1n) is 13.7. The van der Waals surface area contributed by atoms with E-state index in [1.54, 1.807) is 23.2 Å². The summed E-state index contributed by atoms with van der Waals surface area (Å²) < 4.78 is 16.4. The third kappa shape index (κ3) is 5.47. The number of hydrogen-bond acceptors (Lipinski definition) is 7. The van der Waals surface area contributed by atoms with E-state index >= 15 is 4.39 Å². The van der Waals surface area contributed by atoms with Crippen LogP contribution in [0.25, 0.3) is 28.0 Å². The number of pyridine rings is 2. The lowest BCUT2D eigenvalue weighted by molar-refractivity contribution is -0.130. The van der Waals surface area contributed by atoms with Gasteiger partial charge >= 0.3 is 5.69 Å². The van der Waals surface area contributed by atoms with Gasteiger partial charge in [-0.05, 0) is 62.6 Å². The fraction of sp³-hybridized carbons (Fsp3) is 0.344. The lowest BCUT2D eigenvalue weighted by atomic mass is 10.0. The summed E-state index contributed by atoms with van der Waals surface area (Å²) in [5.74, 6) is -0.908. The molecule has 1 aromatic carbocycles. The zero-order valence-electron chi connectivity index (χ0n) is 24.1. The van der Waals surface area contributed by atoms with E-state index < -0.39 is 11.5 Å². The van der Waals surface area contributed by atoms with E-state index in [0.717, 1.165) is 5.56 Å². The second-order valence-electron chi connectivity index (χ2n) is 10.9. The van der Waals surface area contributed by atoms with Gasteiger partial charge in [-0.15, -0.1) is 0 Å². The van der Waals surface area contributed by atoms with Crippen LogP contribution in [0.5, 0.6) is 5.75 Å². The molecule has 2 atom stereocenters. The quantitative estimate of drug-likeness (QED) is 0.277. The van der Waals surface area contributed by atoms with Gasteiger partial charge in [-0.1, -0.05) is 45.5 Å². The third-order valence-corrected chi connectivity index (χ3v) is 7.89. The van der Waals surface area contributed by atoms with E-state index in [1.165, 1.54) is 28.8 Å². The molecular weight excluding hydrogens is 571 g/mol. The summed E-state index contributed by atoms with van der Waals surface area (Å²) in [5.41, 5.74) is 1.38. The van der Waals surface area contributed by atoms with Gasteiger partial charge in [-0.2, -0.15) is 4.98 Å². The number of rotatable bonds is 5. The van der Waals surface area contributed by atoms with Crippen LogP contribution in [0.3, 0.4) is 0 Å². The molecule has 3 aromatic heterocycles. The van der Waals surface area contributed by atoms with Gasteiger partial charge in [-0.3, -0.25) is 9.78 Å². The molecule has 1 saturated heterocycles. The Kier molecular flexibility index (Phi) is 8.92. The van der Waals surface area contributed by atoms with Crippen molar-refractivity contribution in [3.63, 3.8) is 0 Å². The fourth-order valence-corrected chi connectivity index (χ4v) is 6.04. The molecule has 9 nitrogen and oxygen atoms in total. The summed E-state index contributed by atoms with van der Waals surface area (Å²) in [5, 5.41) is 11.1. The standard InChI is InChI=1S/C31H32ClFN6O3.CH4/c1-7-24(41)38-18(5)14-37(15-19(38)6)29-20-13-21(32)27(25-22(33)9-8-10-23(25)40)35-30(20)39(31(42)36-29)28-17(4)11-12-34-26(28)16(2)3;/h7-13,16,18-19,40H,1,14-15H2,2-6H3;1H4/t18-,19+;. The second-order valence-corrected chi connectivity index (χ2v) is 11.4. The van der Waals surface area contributed by atoms with Crippen LogP contribution in [0.1, 0.15) is 52.3 Å². The van der Waals surface area contributed by atoms with Crippen molar-refractivity contribution in [2.75, 3.05) is 18.0 Å². The highest BCUT2D eigenvalue weighted by molar-refractivity contribution is 6.34. The van der Waals surface area contributed by atoms with Crippen LogP contribution in [-0.4, -0.2) is 60.6 Å². The van der Waals surface area contributed by atoms with Gasteiger partial charge in [0.15, 0.2) is 5.65 Å². The summed E-state index contributed by atoms with van der Waals surface area (Å²) >= 11 is 6.73. The van der Waals surface area contributed by atoms with Crippen LogP contribution in [0.2, 0.25) is 5.02 Å². The SMILES string of the molecule is C.C=CC(=O)N1[C@H](C)CN(c2nc(=O)n(-c3c(C)ccnc3C(C)C)c3nc(-c4c(O)cccc4F)c(Cl)cc23)C[C@@H]1C. The molecule has 0 unspecified atom stereocenters. The van der Waals surface area contributed by atoms with Crippen LogP contribution in [0.4, 0.5) is 10.2 Å². The number of carbonyl (C=O) groups is 1. The Hall–Kier alpha value is -4.31. The van der Waals surface area contributed by atoms with Gasteiger partial charge in [-0.25, -0.2) is 18.7 Å². The number of halogens is 2. The van der Waals surface area contributed by atoms with Gasteiger partial charge in [0.05, 0.1) is 33.0 Å². The minimum Gasteiger partial charge on any atom is -0.507 e. The summed E-state index contributed by atoms with van der Waals surface area (Å²) in [6.07, 6.45) is 2.98. The van der Waals surface area contributed by atoms with Gasteiger partial charge in [0.25, 0.3) is 0 Å². The number of aromatic hydroxyl groups is 1. The van der Waals surface area contributed by atoms with Crippen molar-refractivity contribution in [3.8, 4) is 22.7 Å². The fourth-order valence-electron chi connectivity index (χ4n) is 5.79. The van der Waals surface area contributed by atoms with E-state index in [-0.39, 0.29) is 59.0 Å². The maximum absolute atomic E-state index is 15.0. The van der Waals surface area contributed by atoms with Crippen molar-refractivity contribution in [1.29, 1.82) is 0 Å². The molecule has 1 N–H and O–H groups in total. The van der Waals surface area contributed by atoms with Crippen molar-refractivity contribution in [2.45, 2.75) is 60.0 Å². The number of hydrogen-bond donors (Lipinski definition) is 1. The molecule has 4 aromatic rings. The van der Waals surface area contributed by atoms with E-state index in [9.17, 15) is 14.7 Å². The number of amides is 1. The van der Waals surface area contributed by atoms with E-state index in [4.69, 9.17) is 16.6 Å². The molecule has 5 rings (SSSR count). The highest BCUT2D eigenvalue weighted by Gasteiger charge is 2.34. The monoisotopic (exact) mass is 606 g/mol. The molecule has 0 aliphatic carbocycles. The molecule has 1 amide bonds. The van der Waals surface area contributed by atoms with E-state index in [0.29, 0.717) is 35.7 Å². The number of benzene rings is 1. The normalized spacial score (nSPS) is 16.8. The Bertz CT molecular complexity index is 1760. The second kappa shape index (κ2) is 12.1. The van der Waals surface area contributed by atoms with Crippen molar-refractivity contribution >= 4 is 34.4 Å². The predicted octanol–water partition coefficient (Wildman–Crippen LogP) is 6.02. The van der Waals surface area contributed by atoms with Crippen LogP contribution in [0, 0.1) is 12.7 Å². The predicted molar refractivity (Wildman–Crippen MR) is 169 cm³/mol. The van der Waals surface area contributed by atoms with Crippen LogP contribution in [0.15, 0.2) is 54.0 Å². The van der Waals surface area contributed by atoms with Crippen molar-refractivity contribution in [1.82, 2.24) is 24.4 Å². The first kappa shape index (κ1) is 31.6. The highest BCUT2D eigenvalue weighted by atomic mass is 35.5. The number of phenols is 1. The van der Waals surface area contributed by atoms with Crippen molar-refractivity contribution in [2.24, 2.45) is 0 Å². The van der Waals surface area contributed by atoms with Gasteiger partial charge in [0.1, 0.15) is 17.4 Å². The smallest absolute Gasteiger partial charge is 0.355 e. The molecule has 43 heavy (non-hydrogen) atoms. The highest BCUT2D eigenvalue weighted by Crippen LogP contribution is 2.39. The summed E-state index contributed by atoms with van der Waals surface area (Å²) in [6.45, 7) is 14.1. The average molecular weight is 607 g/mol. The Labute approximate surface area is 255 Å². The van der Waals surface area contributed by atoms with Crippen molar-refractivity contribution < 1.29 is 14.3 Å². The number of fused-ring (bicyclic) bond motifs is 1. The Morgan fingerprint density at radius 2 is 1.86 bits per heavy atom. The number of piperazine rings is 1. The maximum Gasteiger partial charge on any atom is 0.355 e. The molecule has 1 fully saturated rings. The molecular formula is C32H36ClFN6O3. The molecule has 4 heterocycles. The largest absolute Gasteiger partial charge is 0.507 e. The lowest BCUT2D eigenvalue weighted by Crippen LogP contribution is -2.58. The molecule has 0 spiro atoms. The minimum atomic E-state index is -0.710. The minimum absolute atomic E-state index is 0. The molecule has 0 radical (unpaired) electrons. The number of aromatic nitrogens is 4. The van der Waals surface area contributed by atoms with E-state index in [1.807, 2.05) is 39.5 Å². The molecule has 11 heteroatoms. The topological polar surface area (TPSA) is 104 Å². The lowest BCUT2D eigenvalue weighted by Gasteiger charge is -2.44. The van der Waals surface area contributed by atoms with Crippen LogP contribution in [-0.2, 0) is 4.79 Å². The van der Waals surface area contributed by atoms with Gasteiger partial charge < -0.3 is 14.9 Å². The third-order valence-electron chi connectivity index (χ3n) is 7.60. The number of phenolic OH excluding ortho intramolecular Hbond substituents is 1. The number of nitrogens with zero attached hydrogens (tertiary/aromatic N) is 6. The molecule has 1 aliphatic heterocycles. The molecule has 0 saturated carbocycles.